The van der Waals surface area contributed by atoms with Crippen LogP contribution in [0.25, 0.3) is 0 Å². The molecule has 0 radical (unpaired) electrons. The number of amides is 2. The minimum atomic E-state index is -0.510. The van der Waals surface area contributed by atoms with Gasteiger partial charge in [0.25, 0.3) is 0 Å². The fourth-order valence-corrected chi connectivity index (χ4v) is 3.81. The minimum absolute atomic E-state index is 0.124. The molecule has 2 aromatic rings. The Morgan fingerprint density at radius 1 is 1.10 bits per heavy atom. The molecule has 7 heteroatoms. The van der Waals surface area contributed by atoms with Gasteiger partial charge in [-0.25, -0.2) is 4.99 Å². The first-order valence-electron chi connectivity index (χ1n) is 9.25. The van der Waals surface area contributed by atoms with Crippen molar-refractivity contribution in [2.24, 2.45) is 10.7 Å². The van der Waals surface area contributed by atoms with Crippen molar-refractivity contribution in [3.63, 3.8) is 0 Å². The molecule has 0 saturated heterocycles. The SMILES string of the molecule is CC1=C(C(N)=O)[C@H](c2ccccc2)N=C(SCC(=O)Nc2ccc(C)c(C)c2)N1. The summed E-state index contributed by atoms with van der Waals surface area (Å²) in [6, 6.07) is 14.8. The summed E-state index contributed by atoms with van der Waals surface area (Å²) in [4.78, 5) is 29.0. The van der Waals surface area contributed by atoms with Gasteiger partial charge in [0.15, 0.2) is 5.17 Å². The van der Waals surface area contributed by atoms with Crippen LogP contribution in [0.15, 0.2) is 64.8 Å². The standard InChI is InChI=1S/C22H24N4O2S/c1-13-9-10-17(11-14(13)2)25-18(27)12-29-22-24-15(3)19(21(23)28)20(26-22)16-7-5-4-6-8-16/h4-11,20H,12H2,1-3H3,(H2,23,28)(H,24,26)(H,25,27)/t20-/m0/s1. The van der Waals surface area contributed by atoms with E-state index in [2.05, 4.69) is 15.6 Å². The number of carbonyl (C=O) groups excluding carboxylic acids is 2. The summed E-state index contributed by atoms with van der Waals surface area (Å²) in [5.41, 5.74) is 10.6. The van der Waals surface area contributed by atoms with Crippen molar-refractivity contribution in [1.29, 1.82) is 0 Å². The lowest BCUT2D eigenvalue weighted by Gasteiger charge is -2.25. The highest BCUT2D eigenvalue weighted by Crippen LogP contribution is 2.31. The number of nitrogens with one attached hydrogen (secondary N) is 2. The van der Waals surface area contributed by atoms with E-state index in [1.54, 1.807) is 6.92 Å². The topological polar surface area (TPSA) is 96.6 Å². The number of anilines is 1. The van der Waals surface area contributed by atoms with Crippen LogP contribution in [0.4, 0.5) is 5.69 Å². The molecule has 0 unspecified atom stereocenters. The van der Waals surface area contributed by atoms with E-state index in [1.807, 2.05) is 62.4 Å². The number of thioether (sulfide) groups is 1. The highest BCUT2D eigenvalue weighted by Gasteiger charge is 2.28. The Balaban J connectivity index is 1.71. The number of aryl methyl sites for hydroxylation is 2. The number of nitrogens with two attached hydrogens (primary N) is 1. The third kappa shape index (κ3) is 5.06. The maximum absolute atomic E-state index is 12.4. The van der Waals surface area contributed by atoms with Gasteiger partial charge in [0.2, 0.25) is 11.8 Å². The molecule has 150 valence electrons. The monoisotopic (exact) mass is 408 g/mol. The second-order valence-corrected chi connectivity index (χ2v) is 7.88. The van der Waals surface area contributed by atoms with Crippen LogP contribution in [0, 0.1) is 13.8 Å². The first-order valence-corrected chi connectivity index (χ1v) is 10.2. The molecule has 6 nitrogen and oxygen atoms in total. The molecule has 3 rings (SSSR count). The van der Waals surface area contributed by atoms with Gasteiger partial charge >= 0.3 is 0 Å². The maximum Gasteiger partial charge on any atom is 0.248 e. The zero-order valence-corrected chi connectivity index (χ0v) is 17.5. The van der Waals surface area contributed by atoms with Gasteiger partial charge in [-0.15, -0.1) is 0 Å². The van der Waals surface area contributed by atoms with Crippen LogP contribution in [-0.4, -0.2) is 22.7 Å². The number of benzene rings is 2. The second kappa shape index (κ2) is 8.96. The zero-order chi connectivity index (χ0) is 21.0. The summed E-state index contributed by atoms with van der Waals surface area (Å²) < 4.78 is 0. The minimum Gasteiger partial charge on any atom is -0.366 e. The summed E-state index contributed by atoms with van der Waals surface area (Å²) in [6.07, 6.45) is 0. The lowest BCUT2D eigenvalue weighted by atomic mass is 9.96. The van der Waals surface area contributed by atoms with E-state index in [1.165, 1.54) is 17.3 Å². The fraction of sp³-hybridized carbons (Fsp3) is 0.227. The molecule has 0 spiro atoms. The van der Waals surface area contributed by atoms with Crippen LogP contribution in [-0.2, 0) is 9.59 Å². The molecule has 29 heavy (non-hydrogen) atoms. The van der Waals surface area contributed by atoms with Gasteiger partial charge in [0, 0.05) is 11.4 Å². The molecule has 0 saturated carbocycles. The Labute approximate surface area is 174 Å². The normalized spacial score (nSPS) is 16.1. The van der Waals surface area contributed by atoms with Crippen molar-refractivity contribution >= 4 is 34.4 Å². The molecule has 0 fully saturated rings. The highest BCUT2D eigenvalue weighted by molar-refractivity contribution is 8.14. The van der Waals surface area contributed by atoms with E-state index in [0.29, 0.717) is 16.4 Å². The van der Waals surface area contributed by atoms with Crippen LogP contribution in [0.5, 0.6) is 0 Å². The van der Waals surface area contributed by atoms with Crippen molar-refractivity contribution in [2.75, 3.05) is 11.1 Å². The van der Waals surface area contributed by atoms with Crippen molar-refractivity contribution in [2.45, 2.75) is 26.8 Å². The number of amidine groups is 1. The lowest BCUT2D eigenvalue weighted by Crippen LogP contribution is -2.33. The number of rotatable bonds is 5. The number of aliphatic imine (C=N–C) groups is 1. The number of allylic oxidation sites excluding steroid dienone is 1. The third-order valence-electron chi connectivity index (χ3n) is 4.73. The third-order valence-corrected chi connectivity index (χ3v) is 5.62. The Morgan fingerprint density at radius 2 is 1.83 bits per heavy atom. The number of hydrogen-bond acceptors (Lipinski definition) is 5. The van der Waals surface area contributed by atoms with E-state index in [9.17, 15) is 9.59 Å². The molecule has 2 aromatic carbocycles. The van der Waals surface area contributed by atoms with Gasteiger partial charge in [-0.05, 0) is 49.6 Å². The molecule has 1 atom stereocenters. The van der Waals surface area contributed by atoms with E-state index in [0.717, 1.165) is 16.8 Å². The van der Waals surface area contributed by atoms with Gasteiger partial charge < -0.3 is 16.4 Å². The summed E-state index contributed by atoms with van der Waals surface area (Å²) >= 11 is 1.29. The number of primary amides is 1. The molecule has 0 aliphatic carbocycles. The summed E-state index contributed by atoms with van der Waals surface area (Å²) in [5.74, 6) is -0.440. The molecular formula is C22H24N4O2S. The van der Waals surface area contributed by atoms with Gasteiger partial charge in [-0.3, -0.25) is 9.59 Å². The predicted octanol–water partition coefficient (Wildman–Crippen LogP) is 3.43. The molecule has 2 amide bonds. The zero-order valence-electron chi connectivity index (χ0n) is 16.7. The Morgan fingerprint density at radius 3 is 2.48 bits per heavy atom. The van der Waals surface area contributed by atoms with E-state index in [4.69, 9.17) is 5.73 Å². The van der Waals surface area contributed by atoms with Crippen LogP contribution in [0.2, 0.25) is 0 Å². The molecular weight excluding hydrogens is 384 g/mol. The predicted molar refractivity (Wildman–Crippen MR) is 119 cm³/mol. The summed E-state index contributed by atoms with van der Waals surface area (Å²) in [5, 5.41) is 6.58. The quantitative estimate of drug-likeness (QED) is 0.706. The van der Waals surface area contributed by atoms with Crippen LogP contribution >= 0.6 is 11.8 Å². The molecule has 1 heterocycles. The Hall–Kier alpha value is -3.06. The smallest absolute Gasteiger partial charge is 0.248 e. The largest absolute Gasteiger partial charge is 0.366 e. The average Bonchev–Trinajstić information content (AvgIpc) is 2.69. The molecule has 1 aliphatic heterocycles. The Kier molecular flexibility index (Phi) is 6.39. The van der Waals surface area contributed by atoms with Gasteiger partial charge in [-0.1, -0.05) is 48.2 Å². The second-order valence-electron chi connectivity index (χ2n) is 6.91. The van der Waals surface area contributed by atoms with Gasteiger partial charge in [0.05, 0.1) is 11.3 Å². The molecule has 1 aliphatic rings. The summed E-state index contributed by atoms with van der Waals surface area (Å²) in [7, 11) is 0. The van der Waals surface area contributed by atoms with Crippen LogP contribution in [0.1, 0.15) is 29.7 Å². The Bertz CT molecular complexity index is 999. The van der Waals surface area contributed by atoms with Crippen molar-refractivity contribution < 1.29 is 9.59 Å². The van der Waals surface area contributed by atoms with Crippen LogP contribution < -0.4 is 16.4 Å². The molecule has 0 aromatic heterocycles. The maximum atomic E-state index is 12.4. The van der Waals surface area contributed by atoms with E-state index < -0.39 is 11.9 Å². The average molecular weight is 409 g/mol. The summed E-state index contributed by atoms with van der Waals surface area (Å²) in [6.45, 7) is 5.83. The number of nitrogens with zero attached hydrogens (tertiary/aromatic N) is 1. The first-order chi connectivity index (χ1) is 13.8. The highest BCUT2D eigenvalue weighted by atomic mass is 32.2. The van der Waals surface area contributed by atoms with E-state index in [-0.39, 0.29) is 11.7 Å². The fourth-order valence-electron chi connectivity index (χ4n) is 3.07. The van der Waals surface area contributed by atoms with Crippen molar-refractivity contribution in [3.05, 3.63) is 76.5 Å². The molecule has 4 N–H and O–H groups in total. The van der Waals surface area contributed by atoms with Crippen LogP contribution in [0.3, 0.4) is 0 Å². The van der Waals surface area contributed by atoms with E-state index >= 15 is 0 Å². The van der Waals surface area contributed by atoms with Gasteiger partial charge in [0.1, 0.15) is 6.04 Å². The first kappa shape index (κ1) is 20.7. The van der Waals surface area contributed by atoms with Crippen molar-refractivity contribution in [1.82, 2.24) is 5.32 Å². The van der Waals surface area contributed by atoms with Gasteiger partial charge in [-0.2, -0.15) is 0 Å². The number of carbonyl (C=O) groups is 2. The number of hydrogen-bond donors (Lipinski definition) is 3. The van der Waals surface area contributed by atoms with Crippen molar-refractivity contribution in [3.8, 4) is 0 Å². The lowest BCUT2D eigenvalue weighted by molar-refractivity contribution is -0.115. The molecule has 0 bridgehead atoms.